The van der Waals surface area contributed by atoms with E-state index in [4.69, 9.17) is 43.3 Å². The van der Waals surface area contributed by atoms with Crippen LogP contribution in [0.2, 0.25) is 0 Å². The Morgan fingerprint density at radius 3 is 0.600 bits per heavy atom. The van der Waals surface area contributed by atoms with Crippen LogP contribution < -0.4 is 29.4 Å². The third-order valence-corrected chi connectivity index (χ3v) is 0. The summed E-state index contributed by atoms with van der Waals surface area (Å²) in [5.74, 6) is 0. The van der Waals surface area contributed by atoms with E-state index in [1.165, 1.54) is 0 Å². The molecule has 0 heterocycles. The van der Waals surface area contributed by atoms with E-state index >= 15 is 0 Å². The molecule has 0 amide bonds. The first kappa shape index (κ1) is 36.3. The summed E-state index contributed by atoms with van der Waals surface area (Å²) in [6.45, 7) is 2.00. The third-order valence-electron chi connectivity index (χ3n) is 0. The third kappa shape index (κ3) is 322. The van der Waals surface area contributed by atoms with Crippen LogP contribution in [0, 0.1) is 0 Å². The van der Waals surface area contributed by atoms with Gasteiger partial charge in [0.15, 0.2) is 0 Å². The predicted octanol–water partition coefficient (Wildman–Crippen LogP) is -6.98. The van der Waals surface area contributed by atoms with Gasteiger partial charge in [0, 0.05) is 0 Å². The van der Waals surface area contributed by atoms with E-state index < -0.39 is 15.6 Å². The van der Waals surface area contributed by atoms with Crippen LogP contribution in [0.5, 0.6) is 0 Å². The second kappa shape index (κ2) is 20.0. The number of carbonyl (C=O) groups is 1. The molecule has 0 atom stereocenters. The molecule has 0 N–H and O–H groups in total. The van der Waals surface area contributed by atoms with E-state index in [0.717, 1.165) is 0 Å². The number of rotatable bonds is 0. The molecule has 0 aliphatic rings. The van der Waals surface area contributed by atoms with Crippen LogP contribution in [-0.2, 0) is 13.9 Å². The zero-order chi connectivity index (χ0) is 11.0. The van der Waals surface area contributed by atoms with Gasteiger partial charge in [0.05, 0.1) is 0 Å². The number of phosphoric acid groups is 2. The molecule has 0 radical (unpaired) electrons. The summed E-state index contributed by atoms with van der Waals surface area (Å²) in [5, 5.41) is 0. The van der Waals surface area contributed by atoms with E-state index in [-0.39, 0.29) is 113 Å². The first-order valence-electron chi connectivity index (χ1n) is 1.75. The molecule has 0 bridgehead atoms. The molecule has 0 rings (SSSR count). The average Bonchev–Trinajstić information content (AvgIpc) is 1.59. The first-order valence-corrected chi connectivity index (χ1v) is 4.67. The second-order valence-corrected chi connectivity index (χ2v) is 2.68. The van der Waals surface area contributed by atoms with Crippen molar-refractivity contribution in [2.75, 3.05) is 0 Å². The summed E-state index contributed by atoms with van der Waals surface area (Å²) >= 11 is 0. The molecule has 0 aromatic heterocycles. The zero-order valence-electron chi connectivity index (χ0n) is 7.40. The molecular weight excluding hydrogens is 338 g/mol. The van der Waals surface area contributed by atoms with Crippen molar-refractivity contribution >= 4 is 136 Å². The largest absolute Gasteiger partial charge is 2.00 e. The van der Waals surface area contributed by atoms with Crippen LogP contribution in [0.1, 0.15) is 0 Å². The van der Waals surface area contributed by atoms with Crippen molar-refractivity contribution in [2.24, 2.45) is 0 Å². The van der Waals surface area contributed by atoms with Crippen LogP contribution >= 0.6 is 15.6 Å². The Bertz CT molecular complexity index is 147. The average molecular weight is 340 g/mol. The van der Waals surface area contributed by atoms with Gasteiger partial charge < -0.3 is 43.3 Å². The van der Waals surface area contributed by atoms with Crippen LogP contribution in [-0.4, -0.2) is 120 Å². The van der Waals surface area contributed by atoms with Crippen molar-refractivity contribution in [1.82, 2.24) is 0 Å². The van der Waals surface area contributed by atoms with Gasteiger partial charge in [-0.2, -0.15) is 15.6 Å². The minimum atomic E-state index is -5.39. The van der Waals surface area contributed by atoms with E-state index in [9.17, 15) is 0 Å². The normalized spacial score (nSPS) is 8.13. The molecule has 0 aromatic rings. The fourth-order valence-electron chi connectivity index (χ4n) is 0. The minimum Gasteiger partial charge on any atom is -0.822 e. The Hall–Kier alpha value is 3.67. The van der Waals surface area contributed by atoms with Crippen molar-refractivity contribution in [3.8, 4) is 0 Å². The summed E-state index contributed by atoms with van der Waals surface area (Å²) in [4.78, 5) is 59.3. The van der Waals surface area contributed by atoms with Gasteiger partial charge in [-0.25, -0.2) is 0 Å². The van der Waals surface area contributed by atoms with E-state index in [1.807, 2.05) is 6.79 Å². The number of hydrogen-bond donors (Lipinski definition) is 0. The molecule has 0 saturated carbocycles. The molecule has 0 saturated heterocycles. The van der Waals surface area contributed by atoms with Crippen molar-refractivity contribution in [2.45, 2.75) is 0 Å². The fraction of sp³-hybridized carbons (Fsp3) is 0. The van der Waals surface area contributed by atoms with Crippen molar-refractivity contribution < 1.29 is 43.3 Å². The van der Waals surface area contributed by atoms with Gasteiger partial charge in [-0.15, -0.1) is 0 Å². The Balaban J connectivity index is -0.0000000197. The summed E-state index contributed by atoms with van der Waals surface area (Å²) in [5.41, 5.74) is 0. The first-order chi connectivity index (χ1) is 5.00. The maximum Gasteiger partial charge on any atom is 2.00 e. The van der Waals surface area contributed by atoms with E-state index in [1.54, 1.807) is 0 Å². The molecule has 0 fully saturated rings. The quantitative estimate of drug-likeness (QED) is 0.304. The van der Waals surface area contributed by atoms with Crippen molar-refractivity contribution in [3.05, 3.63) is 0 Å². The maximum atomic E-state index is 8.55. The monoisotopic (exact) mass is 340 g/mol. The molecule has 76 valence electrons. The zero-order valence-corrected chi connectivity index (χ0v) is 15.8. The second-order valence-electron chi connectivity index (χ2n) is 0.894. The van der Waals surface area contributed by atoms with E-state index in [2.05, 4.69) is 0 Å². The maximum absolute atomic E-state index is 8.55. The molecule has 0 unspecified atom stereocenters. The van der Waals surface area contributed by atoms with Gasteiger partial charge in [-0.05, 0) is 0 Å². The van der Waals surface area contributed by atoms with Crippen molar-refractivity contribution in [3.63, 3.8) is 0 Å². The van der Waals surface area contributed by atoms with Gasteiger partial charge in [-0.1, -0.05) is 0 Å². The Morgan fingerprint density at radius 2 is 0.600 bits per heavy atom. The molecule has 15 heavy (non-hydrogen) atoms. The Kier molecular flexibility index (Phi) is 48.4. The molecule has 0 aliphatic heterocycles. The van der Waals surface area contributed by atoms with Crippen LogP contribution in [0.25, 0.3) is 0 Å². The SMILES string of the molecule is C=O.O=P([O-])([O-])[O-].O=P([O-])([O-])[O-].[Ca+2].[Ca+2].[Ca+2]. The fourth-order valence-corrected chi connectivity index (χ4v) is 0. The Labute approximate surface area is 175 Å². The van der Waals surface area contributed by atoms with Gasteiger partial charge in [0.2, 0.25) is 0 Å². The van der Waals surface area contributed by atoms with Gasteiger partial charge in [0.1, 0.15) is 6.79 Å². The Morgan fingerprint density at radius 1 is 0.600 bits per heavy atom. The van der Waals surface area contributed by atoms with Crippen LogP contribution in [0.15, 0.2) is 0 Å². The van der Waals surface area contributed by atoms with Crippen molar-refractivity contribution in [1.29, 1.82) is 0 Å². The molecule has 14 heteroatoms. The summed E-state index contributed by atoms with van der Waals surface area (Å²) < 4.78 is 17.1. The van der Waals surface area contributed by atoms with E-state index in [0.29, 0.717) is 0 Å². The minimum absolute atomic E-state index is 0. The topological polar surface area (TPSA) is 190 Å². The number of carbonyl (C=O) groups excluding carboxylic acids is 1. The summed E-state index contributed by atoms with van der Waals surface area (Å²) in [7, 11) is -10.8. The molecule has 9 nitrogen and oxygen atoms in total. The van der Waals surface area contributed by atoms with Gasteiger partial charge in [-0.3, -0.25) is 0 Å². The van der Waals surface area contributed by atoms with Gasteiger partial charge in [0.25, 0.3) is 0 Å². The number of hydrogen-bond acceptors (Lipinski definition) is 9. The molecule has 0 spiro atoms. The van der Waals surface area contributed by atoms with Crippen LogP contribution in [0.3, 0.4) is 0 Å². The predicted molar refractivity (Wildman–Crippen MR) is 39.6 cm³/mol. The molecule has 0 aromatic carbocycles. The smallest absolute Gasteiger partial charge is 0.822 e. The van der Waals surface area contributed by atoms with Crippen LogP contribution in [0.4, 0.5) is 0 Å². The molecule has 0 aliphatic carbocycles. The van der Waals surface area contributed by atoms with Gasteiger partial charge >= 0.3 is 113 Å². The summed E-state index contributed by atoms with van der Waals surface area (Å²) in [6, 6.07) is 0. The molecular formula is CH2Ca3O9P2. The standard InChI is InChI=1S/CH2O.3Ca.2H3O4P/c1-2;;;;2*1-5(2,3)4/h1H2;;;;2*(H3,1,2,3,4)/q;3*+2;;/p-6. The summed E-state index contributed by atoms with van der Waals surface area (Å²) in [6.07, 6.45) is 0.